The summed E-state index contributed by atoms with van der Waals surface area (Å²) in [6, 6.07) is 7.98. The van der Waals surface area contributed by atoms with Crippen LogP contribution in [0, 0.1) is 11.6 Å². The van der Waals surface area contributed by atoms with Crippen LogP contribution in [0.25, 0.3) is 0 Å². The normalized spacial score (nSPS) is 16.8. The molecule has 1 fully saturated rings. The van der Waals surface area contributed by atoms with Crippen LogP contribution >= 0.6 is 0 Å². The lowest BCUT2D eigenvalue weighted by atomic mass is 10.2. The summed E-state index contributed by atoms with van der Waals surface area (Å²) >= 11 is 0. The number of benzene rings is 1. The molecule has 0 aliphatic carbocycles. The van der Waals surface area contributed by atoms with E-state index < -0.39 is 11.6 Å². The minimum Gasteiger partial charge on any atom is -0.365 e. The van der Waals surface area contributed by atoms with Crippen molar-refractivity contribution in [2.75, 3.05) is 43.5 Å². The summed E-state index contributed by atoms with van der Waals surface area (Å²) in [6.07, 6.45) is 2.55. The Kier molecular flexibility index (Phi) is 6.85. The predicted octanol–water partition coefficient (Wildman–Crippen LogP) is 2.76. The molecule has 2 aromatic rings. The van der Waals surface area contributed by atoms with Crippen molar-refractivity contribution in [1.29, 1.82) is 0 Å². The van der Waals surface area contributed by atoms with Crippen LogP contribution in [0.3, 0.4) is 0 Å². The third kappa shape index (κ3) is 5.34. The van der Waals surface area contributed by atoms with Crippen molar-refractivity contribution in [3.8, 4) is 0 Å². The van der Waals surface area contributed by atoms with Gasteiger partial charge in [-0.2, -0.15) is 0 Å². The summed E-state index contributed by atoms with van der Waals surface area (Å²) in [4.78, 5) is 12.7. The first-order chi connectivity index (χ1) is 14.0. The molecule has 156 valence electrons. The highest BCUT2D eigenvalue weighted by atomic mass is 19.1. The molecule has 1 saturated heterocycles. The molecule has 2 heterocycles. The van der Waals surface area contributed by atoms with Gasteiger partial charge >= 0.3 is 0 Å². The zero-order valence-corrected chi connectivity index (χ0v) is 17.1. The van der Waals surface area contributed by atoms with Crippen LogP contribution in [0.1, 0.15) is 18.9 Å². The molecule has 0 radical (unpaired) electrons. The number of pyridine rings is 1. The Hall–Kier alpha value is -2.90. The van der Waals surface area contributed by atoms with Gasteiger partial charge in [-0.05, 0) is 43.2 Å². The number of hydrogen-bond donors (Lipinski definition) is 2. The van der Waals surface area contributed by atoms with Gasteiger partial charge in [-0.15, -0.1) is 0 Å². The molecule has 1 aliphatic heterocycles. The average molecular weight is 402 g/mol. The lowest BCUT2D eigenvalue weighted by Crippen LogP contribution is -2.44. The van der Waals surface area contributed by atoms with E-state index in [9.17, 15) is 8.78 Å². The Labute approximate surface area is 170 Å². The fourth-order valence-electron chi connectivity index (χ4n) is 3.36. The van der Waals surface area contributed by atoms with Gasteiger partial charge in [0.2, 0.25) is 0 Å². The highest BCUT2D eigenvalue weighted by molar-refractivity contribution is 5.80. The van der Waals surface area contributed by atoms with Crippen LogP contribution in [-0.2, 0) is 6.54 Å². The van der Waals surface area contributed by atoms with Crippen molar-refractivity contribution in [2.45, 2.75) is 25.9 Å². The van der Waals surface area contributed by atoms with Crippen molar-refractivity contribution < 1.29 is 8.78 Å². The monoisotopic (exact) mass is 402 g/mol. The van der Waals surface area contributed by atoms with Crippen LogP contribution < -0.4 is 20.4 Å². The smallest absolute Gasteiger partial charge is 0.191 e. The third-order valence-electron chi connectivity index (χ3n) is 4.81. The van der Waals surface area contributed by atoms with Gasteiger partial charge in [0.15, 0.2) is 5.96 Å². The molecule has 2 N–H and O–H groups in total. The molecule has 1 aromatic heterocycles. The second-order valence-electron chi connectivity index (χ2n) is 7.26. The van der Waals surface area contributed by atoms with E-state index in [-0.39, 0.29) is 11.7 Å². The fourth-order valence-corrected chi connectivity index (χ4v) is 3.36. The molecule has 29 heavy (non-hydrogen) atoms. The summed E-state index contributed by atoms with van der Waals surface area (Å²) in [5.41, 5.74) is 1.11. The van der Waals surface area contributed by atoms with Gasteiger partial charge < -0.3 is 20.4 Å². The maximum atomic E-state index is 14.1. The van der Waals surface area contributed by atoms with Crippen molar-refractivity contribution in [3.63, 3.8) is 0 Å². The number of nitrogens with zero attached hydrogens (tertiary/aromatic N) is 4. The number of aromatic nitrogens is 1. The van der Waals surface area contributed by atoms with Crippen LogP contribution in [0.5, 0.6) is 0 Å². The van der Waals surface area contributed by atoms with Gasteiger partial charge in [-0.25, -0.2) is 18.8 Å². The quantitative estimate of drug-likeness (QED) is 0.575. The molecule has 6 nitrogen and oxygen atoms in total. The van der Waals surface area contributed by atoms with Gasteiger partial charge in [0, 0.05) is 46.0 Å². The van der Waals surface area contributed by atoms with Crippen molar-refractivity contribution in [3.05, 3.63) is 53.7 Å². The SMILES string of the molecule is CCNC(=NCc1ccnc(N(C)C)c1)NC1CCN(c2c(F)cccc2F)C1. The van der Waals surface area contributed by atoms with E-state index in [0.717, 1.165) is 24.3 Å². The second-order valence-corrected chi connectivity index (χ2v) is 7.26. The van der Waals surface area contributed by atoms with Gasteiger partial charge in [0.05, 0.1) is 6.54 Å². The Morgan fingerprint density at radius 2 is 2.03 bits per heavy atom. The zero-order valence-electron chi connectivity index (χ0n) is 17.1. The minimum atomic E-state index is -0.527. The maximum absolute atomic E-state index is 14.1. The number of halogens is 2. The number of anilines is 2. The molecule has 0 spiro atoms. The van der Waals surface area contributed by atoms with E-state index in [1.54, 1.807) is 11.1 Å². The summed E-state index contributed by atoms with van der Waals surface area (Å²) in [5, 5.41) is 6.63. The first kappa shape index (κ1) is 20.8. The molecule has 1 unspecified atom stereocenters. The topological polar surface area (TPSA) is 55.8 Å². The largest absolute Gasteiger partial charge is 0.365 e. The molecule has 1 aromatic carbocycles. The summed E-state index contributed by atoms with van der Waals surface area (Å²) in [7, 11) is 3.90. The zero-order chi connectivity index (χ0) is 20.8. The molecule has 1 atom stereocenters. The molecule has 3 rings (SSSR count). The Bertz CT molecular complexity index is 835. The molecule has 1 aliphatic rings. The van der Waals surface area contributed by atoms with Crippen LogP contribution in [0.4, 0.5) is 20.3 Å². The standard InChI is InChI=1S/C21H28F2N6/c1-4-24-21(26-13-15-8-10-25-19(12-15)28(2)3)27-16-9-11-29(14-16)20-17(22)6-5-7-18(20)23/h5-8,10,12,16H,4,9,11,13-14H2,1-3H3,(H2,24,26,27). The van der Waals surface area contributed by atoms with E-state index in [2.05, 4.69) is 20.6 Å². The molecule has 0 saturated carbocycles. The predicted molar refractivity (Wildman–Crippen MR) is 113 cm³/mol. The first-order valence-electron chi connectivity index (χ1n) is 9.84. The van der Waals surface area contributed by atoms with E-state index in [1.807, 2.05) is 38.1 Å². The highest BCUT2D eigenvalue weighted by Gasteiger charge is 2.27. The van der Waals surface area contributed by atoms with E-state index in [0.29, 0.717) is 25.6 Å². The molecular weight excluding hydrogens is 374 g/mol. The van der Waals surface area contributed by atoms with Gasteiger partial charge in [0.25, 0.3) is 0 Å². The van der Waals surface area contributed by atoms with E-state index in [1.165, 1.54) is 18.2 Å². The Morgan fingerprint density at radius 3 is 2.72 bits per heavy atom. The number of nitrogens with one attached hydrogen (secondary N) is 2. The summed E-state index contributed by atoms with van der Waals surface area (Å²) in [5.74, 6) is 0.520. The number of rotatable bonds is 6. The van der Waals surface area contributed by atoms with Gasteiger partial charge in [-0.1, -0.05) is 6.07 Å². The van der Waals surface area contributed by atoms with E-state index in [4.69, 9.17) is 0 Å². The highest BCUT2D eigenvalue weighted by Crippen LogP contribution is 2.26. The Morgan fingerprint density at radius 1 is 1.28 bits per heavy atom. The number of hydrogen-bond acceptors (Lipinski definition) is 4. The van der Waals surface area contributed by atoms with Crippen LogP contribution in [0.2, 0.25) is 0 Å². The molecular formula is C21H28F2N6. The van der Waals surface area contributed by atoms with Gasteiger partial charge in [0.1, 0.15) is 23.1 Å². The maximum Gasteiger partial charge on any atom is 0.191 e. The number of aliphatic imine (C=N–C) groups is 1. The first-order valence-corrected chi connectivity index (χ1v) is 9.84. The average Bonchev–Trinajstić information content (AvgIpc) is 3.14. The third-order valence-corrected chi connectivity index (χ3v) is 4.81. The number of para-hydroxylation sites is 1. The lowest BCUT2D eigenvalue weighted by molar-refractivity contribution is 0.576. The van der Waals surface area contributed by atoms with Crippen molar-refractivity contribution in [2.24, 2.45) is 4.99 Å². The summed E-state index contributed by atoms with van der Waals surface area (Å²) < 4.78 is 28.1. The van der Waals surface area contributed by atoms with Crippen LogP contribution in [-0.4, -0.2) is 50.7 Å². The van der Waals surface area contributed by atoms with E-state index >= 15 is 0 Å². The summed E-state index contributed by atoms with van der Waals surface area (Å²) in [6.45, 7) is 4.35. The molecule has 0 amide bonds. The molecule has 0 bridgehead atoms. The minimum absolute atomic E-state index is 0.0479. The number of guanidine groups is 1. The Balaban J connectivity index is 1.65. The lowest BCUT2D eigenvalue weighted by Gasteiger charge is -2.21. The van der Waals surface area contributed by atoms with Crippen LogP contribution in [0.15, 0.2) is 41.5 Å². The van der Waals surface area contributed by atoms with Crippen molar-refractivity contribution >= 4 is 17.5 Å². The van der Waals surface area contributed by atoms with Crippen molar-refractivity contribution in [1.82, 2.24) is 15.6 Å². The van der Waals surface area contributed by atoms with Gasteiger partial charge in [-0.3, -0.25) is 0 Å². The second kappa shape index (κ2) is 9.54. The fraction of sp³-hybridized carbons (Fsp3) is 0.429. The molecule has 8 heteroatoms.